The highest BCUT2D eigenvalue weighted by atomic mass is 16.5. The van der Waals surface area contributed by atoms with E-state index in [0.717, 1.165) is 24.2 Å². The average Bonchev–Trinajstić information content (AvgIpc) is 2.86. The van der Waals surface area contributed by atoms with Crippen LogP contribution in [0.15, 0.2) is 54.6 Å². The lowest BCUT2D eigenvalue weighted by Crippen LogP contribution is -2.43. The van der Waals surface area contributed by atoms with Gasteiger partial charge in [0.25, 0.3) is 0 Å². The van der Waals surface area contributed by atoms with Gasteiger partial charge in [0, 0.05) is 26.1 Å². The Hall–Kier alpha value is -3.26. The molecule has 0 spiro atoms. The second kappa shape index (κ2) is 16.4. The summed E-state index contributed by atoms with van der Waals surface area (Å²) in [6.45, 7) is 6.71. The predicted molar refractivity (Wildman–Crippen MR) is 135 cm³/mol. The molecule has 2 rings (SSSR count). The van der Waals surface area contributed by atoms with Gasteiger partial charge in [-0.15, -0.1) is 0 Å². The van der Waals surface area contributed by atoms with E-state index >= 15 is 0 Å². The summed E-state index contributed by atoms with van der Waals surface area (Å²) < 4.78 is 16.9. The van der Waals surface area contributed by atoms with Crippen LogP contribution in [0.1, 0.15) is 38.7 Å². The number of rotatable bonds is 17. The first kappa shape index (κ1) is 28.0. The SMILES string of the molecule is CCCCNC(=O)N(CCCOc1ccccc1)CCOc1ccc(CC(OCC)C(=O)O)cc1. The Kier molecular flexibility index (Phi) is 13.1. The van der Waals surface area contributed by atoms with Crippen LogP contribution in [0.2, 0.25) is 0 Å². The first-order valence-electron chi connectivity index (χ1n) is 12.3. The van der Waals surface area contributed by atoms with Gasteiger partial charge in [-0.05, 0) is 49.6 Å². The van der Waals surface area contributed by atoms with Gasteiger partial charge in [-0.2, -0.15) is 0 Å². The minimum Gasteiger partial charge on any atom is -0.494 e. The molecule has 8 nitrogen and oxygen atoms in total. The Morgan fingerprint density at radius 3 is 2.26 bits per heavy atom. The Labute approximate surface area is 208 Å². The number of nitrogens with one attached hydrogen (secondary N) is 1. The van der Waals surface area contributed by atoms with E-state index in [0.29, 0.717) is 58.0 Å². The lowest BCUT2D eigenvalue weighted by Gasteiger charge is -2.23. The van der Waals surface area contributed by atoms with Crippen molar-refractivity contribution in [1.29, 1.82) is 0 Å². The number of unbranched alkanes of at least 4 members (excludes halogenated alkanes) is 1. The molecule has 1 unspecified atom stereocenters. The molecule has 0 aromatic heterocycles. The zero-order chi connectivity index (χ0) is 25.3. The number of urea groups is 1. The van der Waals surface area contributed by atoms with E-state index in [2.05, 4.69) is 12.2 Å². The molecule has 0 saturated heterocycles. The molecular formula is C27H38N2O6. The maximum Gasteiger partial charge on any atom is 0.333 e. The molecule has 2 aromatic rings. The third kappa shape index (κ3) is 11.1. The minimum absolute atomic E-state index is 0.104. The van der Waals surface area contributed by atoms with E-state index in [1.54, 1.807) is 24.0 Å². The Morgan fingerprint density at radius 2 is 1.60 bits per heavy atom. The summed E-state index contributed by atoms with van der Waals surface area (Å²) in [7, 11) is 0. The Morgan fingerprint density at radius 1 is 0.914 bits per heavy atom. The number of hydrogen-bond acceptors (Lipinski definition) is 5. The molecule has 0 heterocycles. The van der Waals surface area contributed by atoms with Crippen molar-refractivity contribution in [2.24, 2.45) is 0 Å². The van der Waals surface area contributed by atoms with Crippen LogP contribution in [-0.4, -0.2) is 67.6 Å². The van der Waals surface area contributed by atoms with Gasteiger partial charge in [0.1, 0.15) is 18.1 Å². The molecule has 0 aliphatic rings. The number of aliphatic carboxylic acids is 1. The topological polar surface area (TPSA) is 97.3 Å². The van der Waals surface area contributed by atoms with Gasteiger partial charge >= 0.3 is 12.0 Å². The number of carboxylic acids is 1. The van der Waals surface area contributed by atoms with Crippen molar-refractivity contribution < 1.29 is 28.9 Å². The van der Waals surface area contributed by atoms with Crippen molar-refractivity contribution in [3.63, 3.8) is 0 Å². The molecule has 0 radical (unpaired) electrons. The summed E-state index contributed by atoms with van der Waals surface area (Å²) in [4.78, 5) is 25.7. The molecule has 2 N–H and O–H groups in total. The molecule has 35 heavy (non-hydrogen) atoms. The zero-order valence-electron chi connectivity index (χ0n) is 20.8. The van der Waals surface area contributed by atoms with Crippen molar-refractivity contribution in [3.8, 4) is 11.5 Å². The standard InChI is InChI=1S/C27H38N2O6/c1-3-5-16-28-27(32)29(17-9-19-34-23-10-7-6-8-11-23)18-20-35-24-14-12-22(13-15-24)21-25(26(30)31)33-4-2/h6-8,10-15,25H,3-5,9,16-21H2,1-2H3,(H,28,32)(H,30,31). The van der Waals surface area contributed by atoms with Gasteiger partial charge in [-0.25, -0.2) is 9.59 Å². The van der Waals surface area contributed by atoms with Crippen LogP contribution in [0.4, 0.5) is 4.79 Å². The molecule has 192 valence electrons. The smallest absolute Gasteiger partial charge is 0.333 e. The van der Waals surface area contributed by atoms with Gasteiger partial charge in [0.2, 0.25) is 0 Å². The summed E-state index contributed by atoms with van der Waals surface area (Å²) >= 11 is 0. The summed E-state index contributed by atoms with van der Waals surface area (Å²) in [5, 5.41) is 12.2. The van der Waals surface area contributed by atoms with Gasteiger partial charge in [0.15, 0.2) is 6.10 Å². The third-order valence-electron chi connectivity index (χ3n) is 5.30. The number of amides is 2. The van der Waals surface area contributed by atoms with Gasteiger partial charge < -0.3 is 29.5 Å². The molecule has 0 bridgehead atoms. The fourth-order valence-electron chi connectivity index (χ4n) is 3.39. The van der Waals surface area contributed by atoms with Gasteiger partial charge in [-0.3, -0.25) is 0 Å². The highest BCUT2D eigenvalue weighted by Crippen LogP contribution is 2.15. The van der Waals surface area contributed by atoms with Crippen LogP contribution < -0.4 is 14.8 Å². The molecule has 0 fully saturated rings. The highest BCUT2D eigenvalue weighted by molar-refractivity contribution is 5.74. The van der Waals surface area contributed by atoms with E-state index in [-0.39, 0.29) is 6.03 Å². The van der Waals surface area contributed by atoms with E-state index in [1.807, 2.05) is 42.5 Å². The fourth-order valence-corrected chi connectivity index (χ4v) is 3.39. The van der Waals surface area contributed by atoms with E-state index in [1.165, 1.54) is 0 Å². The van der Waals surface area contributed by atoms with Crippen molar-refractivity contribution in [3.05, 3.63) is 60.2 Å². The van der Waals surface area contributed by atoms with Crippen molar-refractivity contribution in [1.82, 2.24) is 10.2 Å². The molecule has 8 heteroatoms. The van der Waals surface area contributed by atoms with Crippen molar-refractivity contribution in [2.45, 2.75) is 45.6 Å². The summed E-state index contributed by atoms with van der Waals surface area (Å²) in [6.07, 6.45) is 2.08. The van der Waals surface area contributed by atoms with Crippen LogP contribution in [0.3, 0.4) is 0 Å². The average molecular weight is 487 g/mol. The van der Waals surface area contributed by atoms with Crippen LogP contribution in [0.25, 0.3) is 0 Å². The van der Waals surface area contributed by atoms with Crippen LogP contribution >= 0.6 is 0 Å². The normalized spacial score (nSPS) is 11.5. The summed E-state index contributed by atoms with van der Waals surface area (Å²) in [6, 6.07) is 16.8. The molecule has 1 atom stereocenters. The highest BCUT2D eigenvalue weighted by Gasteiger charge is 2.18. The lowest BCUT2D eigenvalue weighted by atomic mass is 10.1. The van der Waals surface area contributed by atoms with Gasteiger partial charge in [-0.1, -0.05) is 43.7 Å². The third-order valence-corrected chi connectivity index (χ3v) is 5.30. The number of hydrogen-bond donors (Lipinski definition) is 2. The monoisotopic (exact) mass is 486 g/mol. The molecule has 0 saturated carbocycles. The second-order valence-corrected chi connectivity index (χ2v) is 8.07. The second-order valence-electron chi connectivity index (χ2n) is 8.07. The molecule has 0 aliphatic heterocycles. The maximum atomic E-state index is 12.6. The summed E-state index contributed by atoms with van der Waals surface area (Å²) in [5.74, 6) is 0.503. The van der Waals surface area contributed by atoms with E-state index in [9.17, 15) is 14.7 Å². The largest absolute Gasteiger partial charge is 0.494 e. The molecule has 2 amide bonds. The van der Waals surface area contributed by atoms with Crippen molar-refractivity contribution in [2.75, 3.05) is 39.5 Å². The zero-order valence-corrected chi connectivity index (χ0v) is 20.8. The predicted octanol–water partition coefficient (Wildman–Crippen LogP) is 4.38. The number of carboxylic acid groups (broad SMARTS) is 1. The minimum atomic E-state index is -0.973. The lowest BCUT2D eigenvalue weighted by molar-refractivity contribution is -0.149. The van der Waals surface area contributed by atoms with Crippen molar-refractivity contribution >= 4 is 12.0 Å². The number of ether oxygens (including phenoxy) is 3. The quantitative estimate of drug-likeness (QED) is 0.322. The van der Waals surface area contributed by atoms with Gasteiger partial charge in [0.05, 0.1) is 13.2 Å². The number of nitrogens with zero attached hydrogens (tertiary/aromatic N) is 1. The Balaban J connectivity index is 1.82. The first-order chi connectivity index (χ1) is 17.0. The van der Waals surface area contributed by atoms with Crippen LogP contribution in [0, 0.1) is 0 Å². The first-order valence-corrected chi connectivity index (χ1v) is 12.3. The maximum absolute atomic E-state index is 12.6. The number of para-hydroxylation sites is 1. The summed E-state index contributed by atoms with van der Waals surface area (Å²) in [5.41, 5.74) is 0.855. The van der Waals surface area contributed by atoms with Crippen LogP contribution in [0.5, 0.6) is 11.5 Å². The number of carbonyl (C=O) groups is 2. The number of benzene rings is 2. The fraction of sp³-hybridized carbons (Fsp3) is 0.481. The van der Waals surface area contributed by atoms with E-state index in [4.69, 9.17) is 14.2 Å². The molecule has 2 aromatic carbocycles. The van der Waals surface area contributed by atoms with E-state index < -0.39 is 12.1 Å². The number of carbonyl (C=O) groups excluding carboxylic acids is 1. The Bertz CT molecular complexity index is 860. The van der Waals surface area contributed by atoms with Crippen LogP contribution in [-0.2, 0) is 16.0 Å². The molecule has 0 aliphatic carbocycles. The molecular weight excluding hydrogens is 448 g/mol.